The van der Waals surface area contributed by atoms with Crippen molar-refractivity contribution in [3.05, 3.63) is 57.8 Å². The fraction of sp³-hybridized carbons (Fsp3) is 0.250. The van der Waals surface area contributed by atoms with Crippen molar-refractivity contribution in [3.8, 4) is 11.8 Å². The van der Waals surface area contributed by atoms with Gasteiger partial charge in [0.05, 0.1) is 0 Å². The number of hydrogen-bond acceptors (Lipinski definition) is 3. The smallest absolute Gasteiger partial charge is 0.104 e. The van der Waals surface area contributed by atoms with Crippen LogP contribution in [0.15, 0.2) is 41.8 Å². The number of nitrogens with zero attached hydrogens (tertiary/aromatic N) is 1. The maximum atomic E-state index is 8.79. The van der Waals surface area contributed by atoms with Gasteiger partial charge in [0, 0.05) is 23.5 Å². The zero-order chi connectivity index (χ0) is 13.5. The number of hydrogen-bond donors (Lipinski definition) is 1. The Balaban J connectivity index is 2.06. The zero-order valence-corrected chi connectivity index (χ0v) is 11.8. The van der Waals surface area contributed by atoms with E-state index in [1.807, 2.05) is 18.2 Å². The van der Waals surface area contributed by atoms with Gasteiger partial charge in [-0.1, -0.05) is 36.1 Å². The van der Waals surface area contributed by atoms with E-state index in [1.54, 1.807) is 11.3 Å². The van der Waals surface area contributed by atoms with E-state index in [-0.39, 0.29) is 6.61 Å². The molecule has 0 aliphatic carbocycles. The van der Waals surface area contributed by atoms with Crippen molar-refractivity contribution >= 4 is 11.3 Å². The SMILES string of the molecule is CN(Cc1cccs1)Cc1ccccc1C#CCO. The van der Waals surface area contributed by atoms with Crippen LogP contribution in [0.2, 0.25) is 0 Å². The van der Waals surface area contributed by atoms with Crippen molar-refractivity contribution in [2.24, 2.45) is 0 Å². The standard InChI is InChI=1S/C16H17NOS/c1-17(13-16-9-5-11-19-16)12-15-7-3-2-6-14(15)8-4-10-18/h2-3,5-7,9,11,18H,10,12-13H2,1H3. The van der Waals surface area contributed by atoms with E-state index in [0.29, 0.717) is 0 Å². The van der Waals surface area contributed by atoms with Crippen molar-refractivity contribution in [2.75, 3.05) is 13.7 Å². The van der Waals surface area contributed by atoms with Gasteiger partial charge in [0.1, 0.15) is 6.61 Å². The van der Waals surface area contributed by atoms with Gasteiger partial charge in [-0.2, -0.15) is 0 Å². The lowest BCUT2D eigenvalue weighted by Crippen LogP contribution is -2.17. The van der Waals surface area contributed by atoms with Crippen LogP contribution in [-0.2, 0) is 13.1 Å². The molecule has 98 valence electrons. The second kappa shape index (κ2) is 7.10. The van der Waals surface area contributed by atoms with Gasteiger partial charge in [-0.3, -0.25) is 4.90 Å². The molecule has 0 saturated heterocycles. The molecule has 1 aromatic heterocycles. The van der Waals surface area contributed by atoms with Gasteiger partial charge in [-0.05, 0) is 30.1 Å². The Morgan fingerprint density at radius 1 is 1.16 bits per heavy atom. The number of thiophene rings is 1. The highest BCUT2D eigenvalue weighted by Crippen LogP contribution is 2.14. The summed E-state index contributed by atoms with van der Waals surface area (Å²) in [5, 5.41) is 10.9. The fourth-order valence-electron chi connectivity index (χ4n) is 1.93. The van der Waals surface area contributed by atoms with Crippen LogP contribution in [0.4, 0.5) is 0 Å². The maximum absolute atomic E-state index is 8.79. The predicted octanol–water partition coefficient (Wildman–Crippen LogP) is 2.72. The quantitative estimate of drug-likeness (QED) is 0.864. The van der Waals surface area contributed by atoms with E-state index in [2.05, 4.69) is 47.4 Å². The molecule has 0 spiro atoms. The van der Waals surface area contributed by atoms with Gasteiger partial charge in [-0.25, -0.2) is 0 Å². The molecular formula is C16H17NOS. The molecule has 0 unspecified atom stereocenters. The molecule has 1 aromatic carbocycles. The highest BCUT2D eigenvalue weighted by atomic mass is 32.1. The molecule has 0 fully saturated rings. The van der Waals surface area contributed by atoms with E-state index in [9.17, 15) is 0 Å². The van der Waals surface area contributed by atoms with Crippen LogP contribution in [0.1, 0.15) is 16.0 Å². The highest BCUT2D eigenvalue weighted by Gasteiger charge is 2.05. The second-order valence-electron chi connectivity index (χ2n) is 4.37. The lowest BCUT2D eigenvalue weighted by atomic mass is 10.1. The number of aliphatic hydroxyl groups excluding tert-OH is 1. The van der Waals surface area contributed by atoms with Crippen LogP contribution < -0.4 is 0 Å². The molecule has 0 atom stereocenters. The van der Waals surface area contributed by atoms with Crippen molar-refractivity contribution < 1.29 is 5.11 Å². The van der Waals surface area contributed by atoms with E-state index in [1.165, 1.54) is 10.4 Å². The summed E-state index contributed by atoms with van der Waals surface area (Å²) in [6.45, 7) is 1.70. The van der Waals surface area contributed by atoms with Gasteiger partial charge in [0.15, 0.2) is 0 Å². The van der Waals surface area contributed by atoms with Crippen molar-refractivity contribution in [3.63, 3.8) is 0 Å². The minimum atomic E-state index is -0.0978. The minimum absolute atomic E-state index is 0.0978. The molecular weight excluding hydrogens is 254 g/mol. The molecule has 2 rings (SSSR count). The third kappa shape index (κ3) is 4.22. The van der Waals surface area contributed by atoms with Gasteiger partial charge < -0.3 is 5.11 Å². The van der Waals surface area contributed by atoms with Crippen LogP contribution in [0.3, 0.4) is 0 Å². The fourth-order valence-corrected chi connectivity index (χ4v) is 2.71. The summed E-state index contributed by atoms with van der Waals surface area (Å²) >= 11 is 1.78. The molecule has 2 nitrogen and oxygen atoms in total. The zero-order valence-electron chi connectivity index (χ0n) is 11.0. The number of benzene rings is 1. The van der Waals surface area contributed by atoms with Crippen LogP contribution in [0.25, 0.3) is 0 Å². The van der Waals surface area contributed by atoms with E-state index >= 15 is 0 Å². The monoisotopic (exact) mass is 271 g/mol. The molecule has 2 aromatic rings. The summed E-state index contributed by atoms with van der Waals surface area (Å²) in [5.74, 6) is 5.72. The Hall–Kier alpha value is -1.60. The second-order valence-corrected chi connectivity index (χ2v) is 5.40. The first-order valence-corrected chi connectivity index (χ1v) is 7.06. The summed E-state index contributed by atoms with van der Waals surface area (Å²) in [6.07, 6.45) is 0. The van der Waals surface area contributed by atoms with E-state index in [0.717, 1.165) is 18.7 Å². The Morgan fingerprint density at radius 2 is 2.00 bits per heavy atom. The average Bonchev–Trinajstić information content (AvgIpc) is 2.90. The maximum Gasteiger partial charge on any atom is 0.104 e. The van der Waals surface area contributed by atoms with Crippen LogP contribution in [0, 0.1) is 11.8 Å². The van der Waals surface area contributed by atoms with Gasteiger partial charge in [0.25, 0.3) is 0 Å². The van der Waals surface area contributed by atoms with E-state index in [4.69, 9.17) is 5.11 Å². The Morgan fingerprint density at radius 3 is 2.74 bits per heavy atom. The lowest BCUT2D eigenvalue weighted by Gasteiger charge is -2.16. The molecule has 0 bridgehead atoms. The molecule has 0 radical (unpaired) electrons. The summed E-state index contributed by atoms with van der Waals surface area (Å²) in [5.41, 5.74) is 2.19. The largest absolute Gasteiger partial charge is 0.384 e. The molecule has 0 aliphatic heterocycles. The highest BCUT2D eigenvalue weighted by molar-refractivity contribution is 7.09. The molecule has 1 N–H and O–H groups in total. The first kappa shape index (κ1) is 13.8. The first-order valence-electron chi connectivity index (χ1n) is 6.18. The van der Waals surface area contributed by atoms with Crippen LogP contribution in [0.5, 0.6) is 0 Å². The first-order chi connectivity index (χ1) is 9.29. The topological polar surface area (TPSA) is 23.5 Å². The Bertz CT molecular complexity index is 566. The van der Waals surface area contributed by atoms with Crippen LogP contribution in [-0.4, -0.2) is 23.7 Å². The lowest BCUT2D eigenvalue weighted by molar-refractivity contribution is 0.321. The number of rotatable bonds is 4. The summed E-state index contributed by atoms with van der Waals surface area (Å²) in [4.78, 5) is 3.63. The summed E-state index contributed by atoms with van der Waals surface area (Å²) in [6, 6.07) is 12.3. The van der Waals surface area contributed by atoms with Crippen molar-refractivity contribution in [1.29, 1.82) is 0 Å². The third-order valence-corrected chi connectivity index (χ3v) is 3.63. The Labute approximate surface area is 118 Å². The van der Waals surface area contributed by atoms with Crippen molar-refractivity contribution in [1.82, 2.24) is 4.90 Å². The van der Waals surface area contributed by atoms with Gasteiger partial charge >= 0.3 is 0 Å². The minimum Gasteiger partial charge on any atom is -0.384 e. The predicted molar refractivity (Wildman–Crippen MR) is 79.9 cm³/mol. The molecule has 0 saturated carbocycles. The summed E-state index contributed by atoms with van der Waals surface area (Å²) in [7, 11) is 2.11. The average molecular weight is 271 g/mol. The molecule has 3 heteroatoms. The molecule has 1 heterocycles. The molecule has 0 amide bonds. The Kier molecular flexibility index (Phi) is 5.17. The summed E-state index contributed by atoms with van der Waals surface area (Å²) < 4.78 is 0. The van der Waals surface area contributed by atoms with Gasteiger partial charge in [-0.15, -0.1) is 11.3 Å². The number of aliphatic hydroxyl groups is 1. The van der Waals surface area contributed by atoms with Crippen molar-refractivity contribution in [2.45, 2.75) is 13.1 Å². The normalized spacial score (nSPS) is 10.3. The van der Waals surface area contributed by atoms with Crippen LogP contribution >= 0.6 is 11.3 Å². The van der Waals surface area contributed by atoms with E-state index < -0.39 is 0 Å². The molecule has 19 heavy (non-hydrogen) atoms. The third-order valence-electron chi connectivity index (χ3n) is 2.77. The molecule has 0 aliphatic rings. The van der Waals surface area contributed by atoms with Gasteiger partial charge in [0.2, 0.25) is 0 Å².